The van der Waals surface area contributed by atoms with Gasteiger partial charge in [-0.1, -0.05) is 42.5 Å². The molecule has 1 aromatic heterocycles. The molecule has 9 aromatic carbocycles. The van der Waals surface area contributed by atoms with E-state index in [2.05, 4.69) is 239 Å². The molecule has 0 fully saturated rings. The van der Waals surface area contributed by atoms with Crippen LogP contribution in [0.3, 0.4) is 0 Å². The Kier molecular flexibility index (Phi) is 8.89. The Morgan fingerprint density at radius 1 is 0.250 bits per heavy atom. The summed E-state index contributed by atoms with van der Waals surface area (Å²) >= 11 is 0.253. The molecule has 0 bridgehead atoms. The van der Waals surface area contributed by atoms with Crippen LogP contribution in [0.4, 0.5) is 51.2 Å². The van der Waals surface area contributed by atoms with Gasteiger partial charge in [-0.2, -0.15) is 0 Å². The van der Waals surface area contributed by atoms with Crippen molar-refractivity contribution in [2.24, 2.45) is 0 Å². The van der Waals surface area contributed by atoms with Crippen LogP contribution >= 0.6 is 0 Å². The summed E-state index contributed by atoms with van der Waals surface area (Å²) in [5, 5.41) is 5.38. The van der Waals surface area contributed by atoms with Gasteiger partial charge in [0.15, 0.2) is 0 Å². The van der Waals surface area contributed by atoms with Crippen molar-refractivity contribution in [3.8, 4) is 0 Å². The first-order valence-corrected chi connectivity index (χ1v) is 20.6. The molecule has 0 saturated heterocycles. The second-order valence-electron chi connectivity index (χ2n) is 13.8. The van der Waals surface area contributed by atoms with E-state index in [1.54, 1.807) is 0 Å². The third-order valence-corrected chi connectivity index (χ3v) is 12.9. The molecule has 266 valence electrons. The largest absolute Gasteiger partial charge is 0.0602 e. The van der Waals surface area contributed by atoms with Crippen molar-refractivity contribution in [1.82, 2.24) is 0 Å². The molecular formula is C52H37N3Se. The Labute approximate surface area is 333 Å². The Morgan fingerprint density at radius 3 is 1.12 bits per heavy atom. The number of nitrogens with zero attached hydrogens (tertiary/aromatic N) is 3. The van der Waals surface area contributed by atoms with Gasteiger partial charge in [0.1, 0.15) is 0 Å². The summed E-state index contributed by atoms with van der Waals surface area (Å²) in [7, 11) is 0. The molecule has 3 nitrogen and oxygen atoms in total. The minimum atomic E-state index is 0.253. The van der Waals surface area contributed by atoms with Crippen molar-refractivity contribution in [2.45, 2.75) is 0 Å². The van der Waals surface area contributed by atoms with Crippen molar-refractivity contribution in [2.75, 3.05) is 14.7 Å². The maximum Gasteiger partial charge on any atom is -0.0380 e. The average Bonchev–Trinajstić information content (AvgIpc) is 3.65. The van der Waals surface area contributed by atoms with Gasteiger partial charge in [0.25, 0.3) is 0 Å². The topological polar surface area (TPSA) is 9.72 Å². The van der Waals surface area contributed by atoms with Gasteiger partial charge >= 0.3 is 246 Å². The smallest absolute Gasteiger partial charge is 0.0380 e. The molecule has 0 unspecified atom stereocenters. The van der Waals surface area contributed by atoms with E-state index >= 15 is 0 Å². The van der Waals surface area contributed by atoms with Crippen molar-refractivity contribution < 1.29 is 0 Å². The summed E-state index contributed by atoms with van der Waals surface area (Å²) in [6.07, 6.45) is 0. The van der Waals surface area contributed by atoms with E-state index in [9.17, 15) is 0 Å². The van der Waals surface area contributed by atoms with Crippen LogP contribution in [0.5, 0.6) is 0 Å². The van der Waals surface area contributed by atoms with E-state index in [4.69, 9.17) is 0 Å². The molecule has 0 atom stereocenters. The van der Waals surface area contributed by atoms with E-state index in [1.807, 2.05) is 0 Å². The monoisotopic (exact) mass is 783 g/mol. The first-order valence-electron chi connectivity index (χ1n) is 18.9. The Balaban J connectivity index is 1.11. The molecule has 0 N–H and O–H groups in total. The van der Waals surface area contributed by atoms with Crippen LogP contribution in [0.1, 0.15) is 0 Å². The summed E-state index contributed by atoms with van der Waals surface area (Å²) in [5.74, 6) is 0. The van der Waals surface area contributed by atoms with Gasteiger partial charge in [-0.3, -0.25) is 0 Å². The summed E-state index contributed by atoms with van der Waals surface area (Å²) in [4.78, 5) is 7.06. The zero-order valence-electron chi connectivity index (χ0n) is 30.6. The van der Waals surface area contributed by atoms with Crippen LogP contribution in [0.2, 0.25) is 0 Å². The third kappa shape index (κ3) is 6.31. The van der Waals surface area contributed by atoms with Crippen molar-refractivity contribution in [3.63, 3.8) is 0 Å². The molecule has 0 radical (unpaired) electrons. The van der Waals surface area contributed by atoms with Crippen LogP contribution in [0, 0.1) is 0 Å². The maximum atomic E-state index is 2.40. The van der Waals surface area contributed by atoms with Gasteiger partial charge in [0.2, 0.25) is 0 Å². The predicted octanol–water partition coefficient (Wildman–Crippen LogP) is 14.6. The van der Waals surface area contributed by atoms with Crippen molar-refractivity contribution in [3.05, 3.63) is 224 Å². The first kappa shape index (κ1) is 33.7. The molecule has 0 aliphatic carbocycles. The second kappa shape index (κ2) is 14.8. The third-order valence-electron chi connectivity index (χ3n) is 10.4. The van der Waals surface area contributed by atoms with Gasteiger partial charge in [0.05, 0.1) is 0 Å². The molecule has 0 spiro atoms. The second-order valence-corrected chi connectivity index (χ2v) is 16.0. The van der Waals surface area contributed by atoms with E-state index in [0.717, 1.165) is 51.2 Å². The van der Waals surface area contributed by atoms with Gasteiger partial charge < -0.3 is 4.90 Å². The predicted molar refractivity (Wildman–Crippen MR) is 240 cm³/mol. The number of hydrogen-bond donors (Lipinski definition) is 0. The molecular weight excluding hydrogens is 746 g/mol. The van der Waals surface area contributed by atoms with Gasteiger partial charge in [-0.15, -0.1) is 0 Å². The SMILES string of the molecule is c1ccc(N(c2ccccc2)c2cccc(N(c3ccccc3)c3cccc(N(c4ccccc4)c4ccc5[se]c6c7ccccc7ccc6c5c4)c3)c2)cc1. The van der Waals surface area contributed by atoms with Crippen molar-refractivity contribution in [1.29, 1.82) is 0 Å². The molecule has 4 heteroatoms. The van der Waals surface area contributed by atoms with E-state index in [0.29, 0.717) is 0 Å². The normalized spacial score (nSPS) is 11.2. The molecule has 10 rings (SSSR count). The molecule has 0 amide bonds. The summed E-state index contributed by atoms with van der Waals surface area (Å²) in [6, 6.07) is 80.8. The van der Waals surface area contributed by atoms with Gasteiger partial charge in [-0.25, -0.2) is 0 Å². The summed E-state index contributed by atoms with van der Waals surface area (Å²) < 4.78 is 2.92. The average molecular weight is 783 g/mol. The van der Waals surface area contributed by atoms with Crippen LogP contribution in [-0.2, 0) is 0 Å². The zero-order chi connectivity index (χ0) is 37.3. The zero-order valence-corrected chi connectivity index (χ0v) is 32.3. The maximum absolute atomic E-state index is 2.40. The van der Waals surface area contributed by atoms with Crippen LogP contribution in [-0.4, -0.2) is 14.5 Å². The fraction of sp³-hybridized carbons (Fsp3) is 0. The van der Waals surface area contributed by atoms with Crippen LogP contribution in [0.25, 0.3) is 30.1 Å². The van der Waals surface area contributed by atoms with E-state index in [1.165, 1.54) is 30.1 Å². The molecule has 10 aromatic rings. The Morgan fingerprint density at radius 2 is 0.643 bits per heavy atom. The van der Waals surface area contributed by atoms with Gasteiger partial charge in [0, 0.05) is 11.4 Å². The number of anilines is 9. The number of fused-ring (bicyclic) bond motifs is 5. The number of hydrogen-bond acceptors (Lipinski definition) is 3. The molecule has 56 heavy (non-hydrogen) atoms. The Bertz CT molecular complexity index is 2890. The number of benzene rings is 9. The van der Waals surface area contributed by atoms with E-state index in [-0.39, 0.29) is 14.5 Å². The molecule has 0 aliphatic heterocycles. The molecule has 0 saturated carbocycles. The summed E-state index contributed by atoms with van der Waals surface area (Å²) in [6.45, 7) is 0. The van der Waals surface area contributed by atoms with Gasteiger partial charge in [-0.05, 0) is 30.3 Å². The number of rotatable bonds is 9. The first-order chi connectivity index (χ1) is 27.8. The Hall–Kier alpha value is -6.84. The fourth-order valence-corrected chi connectivity index (χ4v) is 10.4. The number of para-hydroxylation sites is 4. The standard InChI is InChI=1S/C52H37N3Se/c1-5-18-39(19-6-1)53(40-20-7-2-8-21-40)43-26-15-27-44(35-43)54(41-22-9-3-10-23-41)45-28-16-29-46(36-45)55(42-24-11-4-12-25-42)47-32-34-51-50(37-47)49-33-31-38-17-13-14-30-48(38)52(49)56-51/h1-37H. The van der Waals surface area contributed by atoms with E-state index < -0.39 is 0 Å². The summed E-state index contributed by atoms with van der Waals surface area (Å²) in [5.41, 5.74) is 9.85. The minimum absolute atomic E-state index is 0.253. The minimum Gasteiger partial charge on any atom is -0.0602 e. The fourth-order valence-electron chi connectivity index (χ4n) is 7.82. The van der Waals surface area contributed by atoms with Crippen LogP contribution in [0.15, 0.2) is 224 Å². The van der Waals surface area contributed by atoms with Crippen molar-refractivity contribution >= 4 is 95.8 Å². The van der Waals surface area contributed by atoms with Crippen LogP contribution < -0.4 is 14.7 Å². The quantitative estimate of drug-likeness (QED) is 0.135. The molecule has 1 heterocycles. The molecule has 0 aliphatic rings.